The van der Waals surface area contributed by atoms with E-state index < -0.39 is 50.1 Å². The summed E-state index contributed by atoms with van der Waals surface area (Å²) in [5.74, 6) is -4.91. The Balaban J connectivity index is -0.00000180. The monoisotopic (exact) mass is 342 g/mol. The Hall–Kier alpha value is -0.434. The molecule has 10 nitrogen and oxygen atoms in total. The van der Waals surface area contributed by atoms with E-state index in [0.29, 0.717) is 0 Å². The summed E-state index contributed by atoms with van der Waals surface area (Å²) in [6.45, 7) is -2.25. The van der Waals surface area contributed by atoms with Crippen LogP contribution < -0.4 is 0 Å². The summed E-state index contributed by atoms with van der Waals surface area (Å²) in [6.07, 6.45) is 0. The van der Waals surface area contributed by atoms with Crippen molar-refractivity contribution in [1.82, 2.24) is 9.80 Å². The molecule has 12 heteroatoms. The van der Waals surface area contributed by atoms with E-state index in [1.54, 1.807) is 0 Å². The van der Waals surface area contributed by atoms with E-state index in [4.69, 9.17) is 20.4 Å². The van der Waals surface area contributed by atoms with Crippen LogP contribution in [0.3, 0.4) is 0 Å². The van der Waals surface area contributed by atoms with E-state index in [2.05, 4.69) is 0 Å². The van der Waals surface area contributed by atoms with Gasteiger partial charge in [0.1, 0.15) is 0 Å². The van der Waals surface area contributed by atoms with Crippen LogP contribution in [0.5, 0.6) is 0 Å². The van der Waals surface area contributed by atoms with Crippen LogP contribution in [-0.2, 0) is 19.2 Å². The van der Waals surface area contributed by atoms with Crippen LogP contribution in [0.1, 0.15) is 0 Å². The van der Waals surface area contributed by atoms with E-state index in [0.717, 1.165) is 9.80 Å². The average Bonchev–Trinajstić information content (AvgIpc) is 2.22. The van der Waals surface area contributed by atoms with Gasteiger partial charge in [0.25, 0.3) is 0 Å². The molecule has 0 aliphatic heterocycles. The summed E-state index contributed by atoms with van der Waals surface area (Å²) < 4.78 is 0. The zero-order valence-electron chi connectivity index (χ0n) is 10.6. The molecule has 0 rings (SSSR count). The van der Waals surface area contributed by atoms with Crippen LogP contribution in [0.15, 0.2) is 0 Å². The number of hydrogen-bond acceptors (Lipinski definition) is 6. The molecule has 0 aromatic heterocycles. The summed E-state index contributed by atoms with van der Waals surface area (Å²) in [5, 5.41) is 34.5. The van der Waals surface area contributed by atoms with Gasteiger partial charge in [-0.25, -0.2) is 0 Å². The van der Waals surface area contributed by atoms with Gasteiger partial charge in [-0.3, -0.25) is 29.0 Å². The van der Waals surface area contributed by atoms with Gasteiger partial charge in [-0.15, -0.1) is 0 Å². The van der Waals surface area contributed by atoms with Crippen molar-refractivity contribution in [1.29, 1.82) is 0 Å². The van der Waals surface area contributed by atoms with Crippen molar-refractivity contribution in [2.24, 2.45) is 0 Å². The molecule has 0 spiro atoms. The maximum atomic E-state index is 10.6. The second kappa shape index (κ2) is 14.2. The third-order valence-electron chi connectivity index (χ3n) is 2.17. The summed E-state index contributed by atoms with van der Waals surface area (Å²) in [5.41, 5.74) is 0. The minimum atomic E-state index is -1.23. The number of aliphatic carboxylic acids is 4. The first-order valence-electron chi connectivity index (χ1n) is 5.52. The standard InChI is InChI=1S/C10H16N2O8.Mg.Na.3H/c13-7(14)3-11(4-8(15)16)1-2-12(5-9(17)18)6-10(19)20;;;;;/h1-6H2,(H,13,14)(H,15,16)(H,17,18)(H,19,20);;;;;. The Bertz CT molecular complexity index is 327. The molecule has 0 unspecified atom stereocenters. The molecule has 0 heterocycles. The molecule has 0 amide bonds. The van der Waals surface area contributed by atoms with Crippen molar-refractivity contribution in [2.45, 2.75) is 0 Å². The predicted octanol–water partition coefficient (Wildman–Crippen LogP) is -3.64. The Labute approximate surface area is 164 Å². The van der Waals surface area contributed by atoms with Gasteiger partial charge in [0, 0.05) is 13.1 Å². The quantitative estimate of drug-likeness (QED) is 0.276. The SMILES string of the molecule is O=C(O)CN(CCN(CC(=O)O)CC(=O)O)CC(=O)O.[MgH2].[NaH]. The van der Waals surface area contributed by atoms with Gasteiger partial charge in [0.15, 0.2) is 0 Å². The molecule has 0 bridgehead atoms. The van der Waals surface area contributed by atoms with E-state index in [9.17, 15) is 19.2 Å². The number of nitrogens with zero attached hydrogens (tertiary/aromatic N) is 2. The van der Waals surface area contributed by atoms with Gasteiger partial charge in [0.05, 0.1) is 26.2 Å². The number of hydrogen-bond donors (Lipinski definition) is 4. The Morgan fingerprint density at radius 3 is 0.909 bits per heavy atom. The summed E-state index contributed by atoms with van der Waals surface area (Å²) in [6, 6.07) is 0. The van der Waals surface area contributed by atoms with Crippen LogP contribution >= 0.6 is 0 Å². The molecule has 0 aromatic carbocycles. The van der Waals surface area contributed by atoms with Crippen LogP contribution in [0.25, 0.3) is 0 Å². The normalized spacial score (nSPS) is 9.73. The van der Waals surface area contributed by atoms with E-state index in [1.165, 1.54) is 0 Å². The molecule has 0 aliphatic rings. The summed E-state index contributed by atoms with van der Waals surface area (Å²) >= 11 is 0. The fourth-order valence-corrected chi connectivity index (χ4v) is 1.48. The number of carboxylic acids is 4. The van der Waals surface area contributed by atoms with Crippen molar-refractivity contribution in [3.05, 3.63) is 0 Å². The number of carbonyl (C=O) groups is 4. The molecule has 0 aromatic rings. The first-order valence-corrected chi connectivity index (χ1v) is 5.52. The third kappa shape index (κ3) is 15.9. The Morgan fingerprint density at radius 2 is 0.773 bits per heavy atom. The van der Waals surface area contributed by atoms with Gasteiger partial charge in [-0.1, -0.05) is 0 Å². The first kappa shape index (κ1) is 26.5. The third-order valence-corrected chi connectivity index (χ3v) is 2.17. The van der Waals surface area contributed by atoms with Crippen LogP contribution in [0, 0.1) is 0 Å². The zero-order valence-corrected chi connectivity index (χ0v) is 10.6. The van der Waals surface area contributed by atoms with Crippen molar-refractivity contribution in [3.8, 4) is 0 Å². The van der Waals surface area contributed by atoms with Crippen molar-refractivity contribution >= 4 is 76.5 Å². The fourth-order valence-electron chi connectivity index (χ4n) is 1.48. The number of rotatable bonds is 11. The van der Waals surface area contributed by atoms with E-state index >= 15 is 0 Å². The Kier molecular flexibility index (Phi) is 17.1. The van der Waals surface area contributed by atoms with Gasteiger partial charge >= 0.3 is 76.5 Å². The predicted molar refractivity (Wildman–Crippen MR) is 79.1 cm³/mol. The molecule has 0 fully saturated rings. The molecular formula is C10H19MgN2NaO8. The topological polar surface area (TPSA) is 156 Å². The van der Waals surface area contributed by atoms with Crippen molar-refractivity contribution in [2.75, 3.05) is 39.3 Å². The molecular weight excluding hydrogens is 323 g/mol. The molecule has 4 N–H and O–H groups in total. The Morgan fingerprint density at radius 1 is 0.591 bits per heavy atom. The molecule has 0 radical (unpaired) electrons. The van der Waals surface area contributed by atoms with Gasteiger partial charge < -0.3 is 20.4 Å². The van der Waals surface area contributed by atoms with Crippen LogP contribution in [0.2, 0.25) is 0 Å². The zero-order chi connectivity index (χ0) is 15.7. The van der Waals surface area contributed by atoms with Crippen molar-refractivity contribution in [3.63, 3.8) is 0 Å². The molecule has 0 aliphatic carbocycles. The van der Waals surface area contributed by atoms with E-state index in [1.807, 2.05) is 0 Å². The second-order valence-electron chi connectivity index (χ2n) is 4.00. The molecule has 22 heavy (non-hydrogen) atoms. The molecule has 120 valence electrons. The average molecular weight is 343 g/mol. The van der Waals surface area contributed by atoms with Crippen molar-refractivity contribution < 1.29 is 39.6 Å². The molecule has 0 saturated carbocycles. The first-order chi connectivity index (χ1) is 9.20. The van der Waals surface area contributed by atoms with Gasteiger partial charge in [-0.2, -0.15) is 0 Å². The summed E-state index contributed by atoms with van der Waals surface area (Å²) in [7, 11) is 0. The summed E-state index contributed by atoms with van der Waals surface area (Å²) in [4.78, 5) is 44.4. The molecule has 0 atom stereocenters. The fraction of sp³-hybridized carbons (Fsp3) is 0.600. The van der Waals surface area contributed by atoms with E-state index in [-0.39, 0.29) is 65.7 Å². The number of carboxylic acid groups (broad SMARTS) is 4. The van der Waals surface area contributed by atoms with Gasteiger partial charge in [0.2, 0.25) is 0 Å². The second-order valence-corrected chi connectivity index (χ2v) is 4.00. The maximum absolute atomic E-state index is 10.6. The van der Waals surface area contributed by atoms with Gasteiger partial charge in [-0.05, 0) is 0 Å². The molecule has 0 saturated heterocycles. The van der Waals surface area contributed by atoms with Crippen LogP contribution in [-0.4, -0.2) is 146 Å². The van der Waals surface area contributed by atoms with Crippen LogP contribution in [0.4, 0.5) is 0 Å². The minimum absolute atomic E-state index is 0.